The summed E-state index contributed by atoms with van der Waals surface area (Å²) < 4.78 is 1.12. The fourth-order valence-corrected chi connectivity index (χ4v) is 6.39. The van der Waals surface area contributed by atoms with E-state index in [-0.39, 0.29) is 11.2 Å². The number of hydrogen-bond acceptors (Lipinski definition) is 7. The van der Waals surface area contributed by atoms with Gasteiger partial charge in [0.05, 0.1) is 33.7 Å². The van der Waals surface area contributed by atoms with Crippen LogP contribution in [0.1, 0.15) is 43.0 Å². The summed E-state index contributed by atoms with van der Waals surface area (Å²) in [7, 11) is 0. The Morgan fingerprint density at radius 1 is 1.40 bits per heavy atom. The molecule has 0 radical (unpaired) electrons. The highest BCUT2D eigenvalue weighted by atomic mass is 32.2. The first kappa shape index (κ1) is 20.7. The third-order valence-electron chi connectivity index (χ3n) is 5.63. The highest BCUT2D eigenvalue weighted by Gasteiger charge is 2.45. The molecule has 2 aromatic heterocycles. The minimum absolute atomic E-state index is 0.0938. The summed E-state index contributed by atoms with van der Waals surface area (Å²) in [6, 6.07) is 8.19. The van der Waals surface area contributed by atoms with Gasteiger partial charge in [0.2, 0.25) is 0 Å². The normalized spacial score (nSPS) is 21.0. The number of allylic oxidation sites excluding steroid dienone is 3. The van der Waals surface area contributed by atoms with Crippen LogP contribution >= 0.6 is 23.1 Å². The van der Waals surface area contributed by atoms with Gasteiger partial charge >= 0.3 is 0 Å². The molecular weight excluding hydrogens is 412 g/mol. The molecule has 0 bridgehead atoms. The summed E-state index contributed by atoms with van der Waals surface area (Å²) in [6.07, 6.45) is 6.61. The Morgan fingerprint density at radius 3 is 2.80 bits per heavy atom. The molecule has 2 N–H and O–H groups in total. The molecule has 0 unspecified atom stereocenters. The monoisotopic (exact) mass is 436 g/mol. The predicted molar refractivity (Wildman–Crippen MR) is 122 cm³/mol. The number of aryl methyl sites for hydroxylation is 1. The van der Waals surface area contributed by atoms with E-state index in [1.165, 1.54) is 0 Å². The summed E-state index contributed by atoms with van der Waals surface area (Å²) in [5.41, 5.74) is 10.3. The molecule has 154 valence electrons. The van der Waals surface area contributed by atoms with Crippen molar-refractivity contribution in [2.45, 2.75) is 43.7 Å². The average Bonchev–Trinajstić information content (AvgIpc) is 3.07. The van der Waals surface area contributed by atoms with Gasteiger partial charge in [-0.2, -0.15) is 5.26 Å². The second-order valence-corrected chi connectivity index (χ2v) is 10.8. The maximum atomic E-state index is 13.5. The van der Waals surface area contributed by atoms with Crippen molar-refractivity contribution in [1.82, 2.24) is 4.98 Å². The molecule has 30 heavy (non-hydrogen) atoms. The van der Waals surface area contributed by atoms with E-state index in [1.54, 1.807) is 35.5 Å². The van der Waals surface area contributed by atoms with Gasteiger partial charge < -0.3 is 5.73 Å². The SMILES string of the molecule is CSc1sc(C)cc1[C@H]1C(C#N)=C(N)N(c2cccnc2)C2=C1C(=O)CC(C)(C)C2. The first-order chi connectivity index (χ1) is 14.3. The van der Waals surface area contributed by atoms with Crippen LogP contribution in [0.4, 0.5) is 5.69 Å². The number of carbonyl (C=O) groups is 1. The summed E-state index contributed by atoms with van der Waals surface area (Å²) in [5.74, 6) is 0.0564. The maximum absolute atomic E-state index is 13.5. The van der Waals surface area contributed by atoms with Crippen molar-refractivity contribution < 1.29 is 4.79 Å². The molecule has 0 spiro atoms. The van der Waals surface area contributed by atoms with Crippen LogP contribution in [-0.2, 0) is 4.79 Å². The largest absolute Gasteiger partial charge is 0.384 e. The number of thioether (sulfide) groups is 1. The number of aromatic nitrogens is 1. The molecule has 2 aliphatic rings. The van der Waals surface area contributed by atoms with Gasteiger partial charge in [0.15, 0.2) is 5.78 Å². The lowest BCUT2D eigenvalue weighted by atomic mass is 9.69. The van der Waals surface area contributed by atoms with Crippen LogP contribution in [0.3, 0.4) is 0 Å². The molecule has 0 aromatic carbocycles. The second kappa shape index (κ2) is 7.60. The van der Waals surface area contributed by atoms with E-state index < -0.39 is 5.92 Å². The number of thiophene rings is 1. The van der Waals surface area contributed by atoms with Crippen molar-refractivity contribution in [2.24, 2.45) is 11.1 Å². The highest BCUT2D eigenvalue weighted by Crippen LogP contribution is 2.52. The molecule has 1 aliphatic carbocycles. The Kier molecular flexibility index (Phi) is 5.25. The number of nitrogens with two attached hydrogens (primary N) is 1. The van der Waals surface area contributed by atoms with Crippen LogP contribution in [0.2, 0.25) is 0 Å². The minimum atomic E-state index is -0.422. The lowest BCUT2D eigenvalue weighted by Gasteiger charge is -2.43. The topological polar surface area (TPSA) is 83.0 Å². The Morgan fingerprint density at radius 2 is 2.17 bits per heavy atom. The third-order valence-corrected chi connectivity index (χ3v) is 7.85. The number of hydrogen-bond donors (Lipinski definition) is 1. The number of pyridine rings is 1. The van der Waals surface area contributed by atoms with E-state index in [4.69, 9.17) is 5.73 Å². The van der Waals surface area contributed by atoms with E-state index >= 15 is 0 Å². The zero-order valence-electron chi connectivity index (χ0n) is 17.5. The average molecular weight is 437 g/mol. The third kappa shape index (κ3) is 3.34. The molecule has 0 amide bonds. The first-order valence-electron chi connectivity index (χ1n) is 9.78. The lowest BCUT2D eigenvalue weighted by molar-refractivity contribution is -0.118. The van der Waals surface area contributed by atoms with Crippen molar-refractivity contribution in [3.8, 4) is 6.07 Å². The first-order valence-corrected chi connectivity index (χ1v) is 11.8. The summed E-state index contributed by atoms with van der Waals surface area (Å²) in [6.45, 7) is 6.26. The van der Waals surface area contributed by atoms with Gasteiger partial charge in [0, 0.05) is 28.8 Å². The molecule has 2 aromatic rings. The summed E-state index contributed by atoms with van der Waals surface area (Å²) >= 11 is 3.34. The second-order valence-electron chi connectivity index (χ2n) is 8.50. The number of anilines is 1. The molecule has 7 heteroatoms. The molecule has 0 saturated carbocycles. The van der Waals surface area contributed by atoms with E-state index in [9.17, 15) is 10.1 Å². The Hall–Kier alpha value is -2.56. The molecule has 1 aliphatic heterocycles. The van der Waals surface area contributed by atoms with Gasteiger partial charge in [0.1, 0.15) is 5.82 Å². The van der Waals surface area contributed by atoms with E-state index in [0.29, 0.717) is 29.8 Å². The van der Waals surface area contributed by atoms with Gasteiger partial charge in [-0.3, -0.25) is 14.7 Å². The Balaban J connectivity index is 2.02. The van der Waals surface area contributed by atoms with Gasteiger partial charge in [-0.05, 0) is 48.8 Å². The molecule has 0 fully saturated rings. The summed E-state index contributed by atoms with van der Waals surface area (Å²) in [4.78, 5) is 20.8. The zero-order chi connectivity index (χ0) is 21.6. The van der Waals surface area contributed by atoms with Gasteiger partial charge in [-0.1, -0.05) is 13.8 Å². The van der Waals surface area contributed by atoms with Crippen LogP contribution < -0.4 is 10.6 Å². The number of nitrogens with zero attached hydrogens (tertiary/aromatic N) is 3. The lowest BCUT2D eigenvalue weighted by Crippen LogP contribution is -2.42. The Bertz CT molecular complexity index is 1120. The van der Waals surface area contributed by atoms with Crippen LogP contribution in [0.15, 0.2) is 57.5 Å². The molecular formula is C23H24N4OS2. The van der Waals surface area contributed by atoms with Crippen LogP contribution in [-0.4, -0.2) is 17.0 Å². The standard InChI is InChI=1S/C23H24N4OS2/c1-13-8-15(22(29-4)30-13)19-16(11-24)21(25)27(14-6-5-7-26-12-14)17-9-23(2,3)10-18(28)20(17)19/h5-8,12,19H,9-10,25H2,1-4H3/t19-/m0/s1. The van der Waals surface area contributed by atoms with Crippen LogP contribution in [0.5, 0.6) is 0 Å². The van der Waals surface area contributed by atoms with Crippen molar-refractivity contribution in [3.05, 3.63) is 63.7 Å². The van der Waals surface area contributed by atoms with Gasteiger partial charge in [-0.25, -0.2) is 0 Å². The number of rotatable bonds is 3. The maximum Gasteiger partial charge on any atom is 0.162 e. The molecule has 1 atom stereocenters. The Labute approximate surface area is 185 Å². The number of ketones is 1. The molecule has 3 heterocycles. The highest BCUT2D eigenvalue weighted by molar-refractivity contribution is 8.00. The van der Waals surface area contributed by atoms with Gasteiger partial charge in [-0.15, -0.1) is 23.1 Å². The molecule has 4 rings (SSSR count). The molecule has 5 nitrogen and oxygen atoms in total. The smallest absolute Gasteiger partial charge is 0.162 e. The number of carbonyl (C=O) groups excluding carboxylic acids is 1. The van der Waals surface area contributed by atoms with E-state index in [1.807, 2.05) is 23.3 Å². The predicted octanol–water partition coefficient (Wildman–Crippen LogP) is 5.11. The number of Topliss-reactive ketones (excluding diaryl/α,β-unsaturated/α-hetero) is 1. The van der Waals surface area contributed by atoms with Gasteiger partial charge in [0.25, 0.3) is 0 Å². The minimum Gasteiger partial charge on any atom is -0.384 e. The summed E-state index contributed by atoms with van der Waals surface area (Å²) in [5, 5.41) is 10.1. The molecule has 0 saturated heterocycles. The van der Waals surface area contributed by atoms with Crippen molar-refractivity contribution in [1.29, 1.82) is 5.26 Å². The van der Waals surface area contributed by atoms with Crippen LogP contribution in [0, 0.1) is 23.7 Å². The fraction of sp³-hybridized carbons (Fsp3) is 0.348. The fourth-order valence-electron chi connectivity index (χ4n) is 4.47. The quantitative estimate of drug-likeness (QED) is 0.673. The number of nitriles is 1. The van der Waals surface area contributed by atoms with Crippen LogP contribution in [0.25, 0.3) is 0 Å². The van der Waals surface area contributed by atoms with E-state index in [2.05, 4.69) is 37.9 Å². The van der Waals surface area contributed by atoms with Crippen molar-refractivity contribution in [3.63, 3.8) is 0 Å². The van der Waals surface area contributed by atoms with E-state index in [0.717, 1.165) is 26.0 Å². The van der Waals surface area contributed by atoms with Crippen molar-refractivity contribution in [2.75, 3.05) is 11.2 Å². The zero-order valence-corrected chi connectivity index (χ0v) is 19.2. The van der Waals surface area contributed by atoms with Crippen molar-refractivity contribution >= 4 is 34.6 Å².